The van der Waals surface area contributed by atoms with E-state index < -0.39 is 0 Å². The first-order valence-corrected chi connectivity index (χ1v) is 7.76. The second-order valence-electron chi connectivity index (χ2n) is 4.41. The van der Waals surface area contributed by atoms with Crippen LogP contribution >= 0.6 is 22.7 Å². The first kappa shape index (κ1) is 13.7. The van der Waals surface area contributed by atoms with E-state index in [9.17, 15) is 5.11 Å². The molecule has 0 fully saturated rings. The molecule has 0 aliphatic carbocycles. The number of thiophene rings is 1. The lowest BCUT2D eigenvalue weighted by Crippen LogP contribution is -2.27. The molecule has 0 amide bonds. The molecule has 0 saturated carbocycles. The Hall–Kier alpha value is -0.750. The normalized spacial score (nSPS) is 14.6. The van der Waals surface area contributed by atoms with E-state index in [-0.39, 0.29) is 12.1 Å². The summed E-state index contributed by atoms with van der Waals surface area (Å²) in [5.41, 5.74) is 2.97. The minimum Gasteiger partial charge on any atom is -0.388 e. The zero-order chi connectivity index (χ0) is 13.0. The Bertz CT molecular complexity index is 467. The van der Waals surface area contributed by atoms with Crippen molar-refractivity contribution >= 4 is 22.7 Å². The summed E-state index contributed by atoms with van der Waals surface area (Å²) in [5.74, 6) is 0. The van der Waals surface area contributed by atoms with Crippen molar-refractivity contribution in [2.45, 2.75) is 39.0 Å². The second-order valence-corrected chi connectivity index (χ2v) is 6.33. The molecular formula is C13H18N2OS2. The number of aromatic nitrogens is 1. The fourth-order valence-corrected chi connectivity index (χ4v) is 3.23. The van der Waals surface area contributed by atoms with E-state index in [0.717, 1.165) is 23.5 Å². The van der Waals surface area contributed by atoms with Gasteiger partial charge in [0.2, 0.25) is 0 Å². The van der Waals surface area contributed by atoms with Gasteiger partial charge in [-0.15, -0.1) is 22.7 Å². The summed E-state index contributed by atoms with van der Waals surface area (Å²) in [6.45, 7) is 4.96. The summed E-state index contributed by atoms with van der Waals surface area (Å²) < 4.78 is 0. The summed E-state index contributed by atoms with van der Waals surface area (Å²) in [5, 5.41) is 15.5. The van der Waals surface area contributed by atoms with Gasteiger partial charge in [0, 0.05) is 22.3 Å². The van der Waals surface area contributed by atoms with Gasteiger partial charge in [-0.2, -0.15) is 0 Å². The van der Waals surface area contributed by atoms with Gasteiger partial charge in [0.1, 0.15) is 0 Å². The Morgan fingerprint density at radius 2 is 2.28 bits per heavy atom. The fourth-order valence-electron chi connectivity index (χ4n) is 1.78. The van der Waals surface area contributed by atoms with Crippen molar-refractivity contribution in [1.82, 2.24) is 10.3 Å². The first-order valence-electron chi connectivity index (χ1n) is 6.00. The van der Waals surface area contributed by atoms with Crippen LogP contribution in [-0.4, -0.2) is 16.1 Å². The molecule has 98 valence electrons. The Morgan fingerprint density at radius 1 is 1.44 bits per heavy atom. The van der Waals surface area contributed by atoms with Gasteiger partial charge in [0.05, 0.1) is 17.3 Å². The number of thiazole rings is 1. The van der Waals surface area contributed by atoms with Crippen molar-refractivity contribution in [3.8, 4) is 0 Å². The molecule has 3 nitrogen and oxygen atoms in total. The molecule has 2 aromatic rings. The fraction of sp³-hybridized carbons (Fsp3) is 0.462. The summed E-state index contributed by atoms with van der Waals surface area (Å²) in [4.78, 5) is 6.54. The zero-order valence-electron chi connectivity index (χ0n) is 10.6. The molecule has 2 atom stereocenters. The SMILES string of the molecule is Cc1ncsc1CN[C@@H](C)C[C@H](O)c1cccs1. The average Bonchev–Trinajstić information content (AvgIpc) is 2.97. The predicted octanol–water partition coefficient (Wildman–Crippen LogP) is 3.11. The molecule has 0 saturated heterocycles. The third-order valence-electron chi connectivity index (χ3n) is 2.90. The van der Waals surface area contributed by atoms with Crippen molar-refractivity contribution in [1.29, 1.82) is 0 Å². The number of hydrogen-bond donors (Lipinski definition) is 2. The van der Waals surface area contributed by atoms with Crippen molar-refractivity contribution in [2.24, 2.45) is 0 Å². The molecule has 2 N–H and O–H groups in total. The summed E-state index contributed by atoms with van der Waals surface area (Å²) in [6, 6.07) is 4.24. The number of aliphatic hydroxyl groups excluding tert-OH is 1. The highest BCUT2D eigenvalue weighted by Gasteiger charge is 2.13. The summed E-state index contributed by atoms with van der Waals surface area (Å²) >= 11 is 3.28. The van der Waals surface area contributed by atoms with Gasteiger partial charge in [-0.05, 0) is 31.7 Å². The maximum absolute atomic E-state index is 10.1. The number of nitrogens with one attached hydrogen (secondary N) is 1. The molecule has 0 aromatic carbocycles. The van der Waals surface area contributed by atoms with Crippen molar-refractivity contribution < 1.29 is 5.11 Å². The van der Waals surface area contributed by atoms with E-state index in [1.807, 2.05) is 29.9 Å². The standard InChI is InChI=1S/C13H18N2OS2/c1-9(6-11(16)12-4-3-5-17-12)14-7-13-10(2)15-8-18-13/h3-5,8-9,11,14,16H,6-7H2,1-2H3/t9-,11-/m0/s1. The second kappa shape index (κ2) is 6.43. The van der Waals surface area contributed by atoms with Gasteiger partial charge < -0.3 is 10.4 Å². The summed E-state index contributed by atoms with van der Waals surface area (Å²) in [7, 11) is 0. The van der Waals surface area contributed by atoms with Gasteiger partial charge in [-0.1, -0.05) is 6.07 Å². The van der Waals surface area contributed by atoms with Crippen LogP contribution in [-0.2, 0) is 6.54 Å². The highest BCUT2D eigenvalue weighted by Crippen LogP contribution is 2.23. The van der Waals surface area contributed by atoms with Crippen LogP contribution in [0.25, 0.3) is 0 Å². The lowest BCUT2D eigenvalue weighted by molar-refractivity contribution is 0.157. The van der Waals surface area contributed by atoms with E-state index in [2.05, 4.69) is 17.2 Å². The Morgan fingerprint density at radius 3 is 2.89 bits per heavy atom. The van der Waals surface area contributed by atoms with Crippen molar-refractivity contribution in [3.63, 3.8) is 0 Å². The highest BCUT2D eigenvalue weighted by atomic mass is 32.1. The number of nitrogens with zero attached hydrogens (tertiary/aromatic N) is 1. The average molecular weight is 282 g/mol. The Kier molecular flexibility index (Phi) is 4.88. The lowest BCUT2D eigenvalue weighted by atomic mass is 10.1. The number of aliphatic hydroxyl groups is 1. The number of rotatable bonds is 6. The Labute approximate surface area is 116 Å². The topological polar surface area (TPSA) is 45.2 Å². The first-order chi connectivity index (χ1) is 8.66. The maximum Gasteiger partial charge on any atom is 0.0896 e. The van der Waals surface area contributed by atoms with E-state index in [1.165, 1.54) is 4.88 Å². The van der Waals surface area contributed by atoms with Crippen LogP contribution in [0.4, 0.5) is 0 Å². The molecule has 0 unspecified atom stereocenters. The molecule has 0 spiro atoms. The van der Waals surface area contributed by atoms with Gasteiger partial charge >= 0.3 is 0 Å². The smallest absolute Gasteiger partial charge is 0.0896 e. The van der Waals surface area contributed by atoms with Crippen LogP contribution in [0.2, 0.25) is 0 Å². The number of hydrogen-bond acceptors (Lipinski definition) is 5. The molecule has 0 radical (unpaired) electrons. The maximum atomic E-state index is 10.1. The molecule has 2 aromatic heterocycles. The van der Waals surface area contributed by atoms with Crippen molar-refractivity contribution in [2.75, 3.05) is 0 Å². The van der Waals surface area contributed by atoms with E-state index in [0.29, 0.717) is 0 Å². The molecule has 5 heteroatoms. The van der Waals surface area contributed by atoms with Gasteiger partial charge in [0.25, 0.3) is 0 Å². The minimum absolute atomic E-state index is 0.281. The lowest BCUT2D eigenvalue weighted by Gasteiger charge is -2.16. The van der Waals surface area contributed by atoms with Gasteiger partial charge in [-0.25, -0.2) is 4.98 Å². The molecular weight excluding hydrogens is 264 g/mol. The van der Waals surface area contributed by atoms with Crippen molar-refractivity contribution in [3.05, 3.63) is 38.5 Å². The van der Waals surface area contributed by atoms with Crippen LogP contribution in [0.3, 0.4) is 0 Å². The zero-order valence-corrected chi connectivity index (χ0v) is 12.2. The van der Waals surface area contributed by atoms with Crippen LogP contribution in [0, 0.1) is 6.92 Å². The largest absolute Gasteiger partial charge is 0.388 e. The molecule has 2 rings (SSSR count). The highest BCUT2D eigenvalue weighted by molar-refractivity contribution is 7.10. The molecule has 0 aliphatic rings. The third kappa shape index (κ3) is 3.62. The van der Waals surface area contributed by atoms with Crippen LogP contribution in [0.15, 0.2) is 23.0 Å². The van der Waals surface area contributed by atoms with E-state index >= 15 is 0 Å². The molecule has 18 heavy (non-hydrogen) atoms. The van der Waals surface area contributed by atoms with Crippen LogP contribution < -0.4 is 5.32 Å². The molecule has 2 heterocycles. The minimum atomic E-state index is -0.366. The molecule has 0 bridgehead atoms. The van der Waals surface area contributed by atoms with Gasteiger partial charge in [-0.3, -0.25) is 0 Å². The van der Waals surface area contributed by atoms with E-state index in [4.69, 9.17) is 0 Å². The van der Waals surface area contributed by atoms with E-state index in [1.54, 1.807) is 22.7 Å². The van der Waals surface area contributed by atoms with Crippen LogP contribution in [0.1, 0.15) is 34.9 Å². The summed E-state index contributed by atoms with van der Waals surface area (Å²) in [6.07, 6.45) is 0.369. The Balaban J connectivity index is 1.79. The van der Waals surface area contributed by atoms with Crippen LogP contribution in [0.5, 0.6) is 0 Å². The third-order valence-corrected chi connectivity index (χ3v) is 4.81. The molecule has 0 aliphatic heterocycles. The quantitative estimate of drug-likeness (QED) is 0.855. The number of aryl methyl sites for hydroxylation is 1. The van der Waals surface area contributed by atoms with Gasteiger partial charge in [0.15, 0.2) is 0 Å². The predicted molar refractivity (Wildman–Crippen MR) is 77.0 cm³/mol. The monoisotopic (exact) mass is 282 g/mol.